The van der Waals surface area contributed by atoms with E-state index in [4.69, 9.17) is 9.97 Å². The van der Waals surface area contributed by atoms with Gasteiger partial charge in [0, 0.05) is 56.6 Å². The number of para-hydroxylation sites is 5. The van der Waals surface area contributed by atoms with Crippen molar-refractivity contribution in [3.05, 3.63) is 175 Å². The number of pyridine rings is 2. The van der Waals surface area contributed by atoms with E-state index >= 15 is 0 Å². The smallest absolute Gasteiger partial charge is 0.145 e. The number of nitrogens with zero attached hydrogens (tertiary/aromatic N) is 5. The number of benzene rings is 6. The molecule has 0 atom stereocenters. The number of aromatic nitrogens is 5. The van der Waals surface area contributed by atoms with Crippen LogP contribution in [-0.2, 0) is 0 Å². The maximum atomic E-state index is 5.05. The van der Waals surface area contributed by atoms with Crippen LogP contribution < -0.4 is 0 Å². The summed E-state index contributed by atoms with van der Waals surface area (Å²) in [6.07, 6.45) is 6.93. The lowest BCUT2D eigenvalue weighted by atomic mass is 9.96. The first-order chi connectivity index (χ1) is 26.1. The highest BCUT2D eigenvalue weighted by Crippen LogP contribution is 2.39. The molecule has 6 aromatic carbocycles. The highest BCUT2D eigenvalue weighted by atomic mass is 15.0. The second-order valence-corrected chi connectivity index (χ2v) is 14.0. The Morgan fingerprint density at radius 1 is 0.528 bits per heavy atom. The van der Waals surface area contributed by atoms with Crippen LogP contribution in [0.3, 0.4) is 0 Å². The molecule has 0 amide bonds. The predicted molar refractivity (Wildman–Crippen MR) is 221 cm³/mol. The fourth-order valence-electron chi connectivity index (χ4n) is 8.49. The number of rotatable bonds is 4. The molecule has 0 spiro atoms. The third kappa shape index (κ3) is 4.37. The third-order valence-electron chi connectivity index (χ3n) is 11.0. The van der Waals surface area contributed by atoms with E-state index in [2.05, 4.69) is 191 Å². The highest BCUT2D eigenvalue weighted by Gasteiger charge is 2.19. The van der Waals surface area contributed by atoms with Gasteiger partial charge in [0.25, 0.3) is 0 Å². The molecule has 0 unspecified atom stereocenters. The average Bonchev–Trinajstić information content (AvgIpc) is 3.87. The molecule has 5 aromatic heterocycles. The molecule has 0 saturated carbocycles. The summed E-state index contributed by atoms with van der Waals surface area (Å²) in [5.41, 5.74) is 15.6. The lowest BCUT2D eigenvalue weighted by Crippen LogP contribution is -1.96. The Kier molecular flexibility index (Phi) is 6.31. The van der Waals surface area contributed by atoms with Gasteiger partial charge in [-0.1, -0.05) is 97.1 Å². The van der Waals surface area contributed by atoms with E-state index < -0.39 is 0 Å². The van der Waals surface area contributed by atoms with Crippen LogP contribution >= 0.6 is 0 Å². The van der Waals surface area contributed by atoms with Crippen molar-refractivity contribution < 1.29 is 0 Å². The molecule has 0 bridgehead atoms. The van der Waals surface area contributed by atoms with E-state index in [1.54, 1.807) is 0 Å². The molecule has 11 aromatic rings. The summed E-state index contributed by atoms with van der Waals surface area (Å²) in [7, 11) is 0. The first-order valence-corrected chi connectivity index (χ1v) is 18.1. The van der Waals surface area contributed by atoms with E-state index in [-0.39, 0.29) is 0 Å². The van der Waals surface area contributed by atoms with Crippen molar-refractivity contribution in [2.45, 2.75) is 13.8 Å². The third-order valence-corrected chi connectivity index (χ3v) is 11.0. The van der Waals surface area contributed by atoms with Crippen LogP contribution in [0.1, 0.15) is 23.7 Å². The lowest BCUT2D eigenvalue weighted by molar-refractivity contribution is 1.05. The maximum absolute atomic E-state index is 5.05. The molecular formula is C48H33N5. The maximum Gasteiger partial charge on any atom is 0.145 e. The van der Waals surface area contributed by atoms with Gasteiger partial charge in [-0.3, -0.25) is 8.80 Å². The lowest BCUT2D eigenvalue weighted by Gasteiger charge is -2.11. The molecule has 11 rings (SSSR count). The van der Waals surface area contributed by atoms with Crippen LogP contribution in [0.4, 0.5) is 0 Å². The van der Waals surface area contributed by atoms with Gasteiger partial charge in [0.15, 0.2) is 0 Å². The van der Waals surface area contributed by atoms with Crippen LogP contribution in [-0.4, -0.2) is 23.3 Å². The number of imidazole rings is 2. The summed E-state index contributed by atoms with van der Waals surface area (Å²) in [5, 5.41) is 5.89. The Balaban J connectivity index is 1.18. The Morgan fingerprint density at radius 3 is 1.79 bits per heavy atom. The van der Waals surface area contributed by atoms with Crippen molar-refractivity contribution in [1.82, 2.24) is 23.3 Å². The van der Waals surface area contributed by atoms with E-state index in [1.807, 2.05) is 0 Å². The highest BCUT2D eigenvalue weighted by molar-refractivity contribution is 6.09. The largest absolute Gasteiger partial charge is 0.313 e. The molecule has 250 valence electrons. The summed E-state index contributed by atoms with van der Waals surface area (Å²) >= 11 is 0. The van der Waals surface area contributed by atoms with Gasteiger partial charge in [-0.05, 0) is 90.4 Å². The summed E-state index contributed by atoms with van der Waals surface area (Å²) in [6, 6.07) is 51.7. The monoisotopic (exact) mass is 679 g/mol. The molecule has 0 N–H and O–H groups in total. The number of fused-ring (bicyclic) bond motifs is 11. The molecule has 0 fully saturated rings. The fraction of sp³-hybridized carbons (Fsp3) is 0.0417. The van der Waals surface area contributed by atoms with Gasteiger partial charge in [-0.2, -0.15) is 0 Å². The number of allylic oxidation sites excluding steroid dienone is 1. The molecule has 0 radical (unpaired) electrons. The first kappa shape index (κ1) is 29.7. The Hall–Kier alpha value is -6.98. The zero-order valence-electron chi connectivity index (χ0n) is 29.3. The topological polar surface area (TPSA) is 39.5 Å². The zero-order valence-corrected chi connectivity index (χ0v) is 29.3. The van der Waals surface area contributed by atoms with Gasteiger partial charge in [-0.15, -0.1) is 0 Å². The summed E-state index contributed by atoms with van der Waals surface area (Å²) in [6.45, 7) is 4.49. The molecule has 0 aliphatic carbocycles. The summed E-state index contributed by atoms with van der Waals surface area (Å²) in [5.74, 6) is 0. The second kappa shape index (κ2) is 11.3. The van der Waals surface area contributed by atoms with Crippen molar-refractivity contribution in [2.24, 2.45) is 0 Å². The molecule has 5 heterocycles. The van der Waals surface area contributed by atoms with E-state index in [9.17, 15) is 0 Å². The van der Waals surface area contributed by atoms with Crippen LogP contribution in [0, 0.1) is 6.92 Å². The Bertz CT molecular complexity index is 3300. The second-order valence-electron chi connectivity index (χ2n) is 14.0. The normalized spacial score (nSPS) is 12.5. The minimum Gasteiger partial charge on any atom is -0.313 e. The van der Waals surface area contributed by atoms with Crippen molar-refractivity contribution >= 4 is 77.5 Å². The van der Waals surface area contributed by atoms with Crippen molar-refractivity contribution in [1.29, 1.82) is 0 Å². The Morgan fingerprint density at radius 2 is 1.09 bits per heavy atom. The van der Waals surface area contributed by atoms with E-state index in [0.29, 0.717) is 0 Å². The standard InChI is InChI=1S/C48H33N5/c1-30(40-28-51-45-22-12-10-20-42(45)49-47(51)36-18-8-6-16-34(36)40)26-38-31(2)53(33-14-4-3-5-15-33)44-25-24-32(27-39(38)44)41-29-52-46-23-13-11-21-43(46)50-48(52)37-19-9-7-17-35(37)41/h3-29H,1-2H3. The molecule has 53 heavy (non-hydrogen) atoms. The zero-order chi connectivity index (χ0) is 35.2. The van der Waals surface area contributed by atoms with Gasteiger partial charge in [0.05, 0.1) is 27.6 Å². The van der Waals surface area contributed by atoms with Gasteiger partial charge < -0.3 is 4.57 Å². The van der Waals surface area contributed by atoms with Gasteiger partial charge >= 0.3 is 0 Å². The van der Waals surface area contributed by atoms with E-state index in [0.717, 1.165) is 49.8 Å². The quantitative estimate of drug-likeness (QED) is 0.186. The number of hydrogen-bond acceptors (Lipinski definition) is 2. The van der Waals surface area contributed by atoms with Crippen molar-refractivity contribution in [2.75, 3.05) is 0 Å². The summed E-state index contributed by atoms with van der Waals surface area (Å²) < 4.78 is 6.90. The molecule has 5 nitrogen and oxygen atoms in total. The van der Waals surface area contributed by atoms with Gasteiger partial charge in [0.1, 0.15) is 11.3 Å². The molecule has 0 aliphatic heterocycles. The fourth-order valence-corrected chi connectivity index (χ4v) is 8.49. The van der Waals surface area contributed by atoms with Crippen LogP contribution in [0.2, 0.25) is 0 Å². The first-order valence-electron chi connectivity index (χ1n) is 18.1. The van der Waals surface area contributed by atoms with Crippen molar-refractivity contribution in [3.8, 4) is 16.8 Å². The molecule has 5 heteroatoms. The van der Waals surface area contributed by atoms with Gasteiger partial charge in [-0.25, -0.2) is 9.97 Å². The van der Waals surface area contributed by atoms with Crippen molar-refractivity contribution in [3.63, 3.8) is 0 Å². The van der Waals surface area contributed by atoms with Crippen LogP contribution in [0.15, 0.2) is 158 Å². The molecule has 0 aliphatic rings. The minimum atomic E-state index is 0.979. The van der Waals surface area contributed by atoms with Crippen LogP contribution in [0.5, 0.6) is 0 Å². The predicted octanol–water partition coefficient (Wildman–Crippen LogP) is 12.1. The van der Waals surface area contributed by atoms with Gasteiger partial charge in [0.2, 0.25) is 0 Å². The average molecular weight is 680 g/mol. The summed E-state index contributed by atoms with van der Waals surface area (Å²) in [4.78, 5) is 10.1. The molecule has 0 saturated heterocycles. The Labute approximate surface area is 305 Å². The SMILES string of the molecule is CC(=Cc1c(C)n(-c2ccccc2)c2ccc(-c3cn4c5ccccc5nc4c4ccccc34)cc12)c1cn2c3ccccc3nc2c2ccccc12. The van der Waals surface area contributed by atoms with E-state index in [1.165, 1.54) is 55.2 Å². The molecular weight excluding hydrogens is 647 g/mol. The number of hydrogen-bond donors (Lipinski definition) is 0. The van der Waals surface area contributed by atoms with Crippen LogP contribution in [0.25, 0.3) is 94.3 Å². The minimum absolute atomic E-state index is 0.979.